The summed E-state index contributed by atoms with van der Waals surface area (Å²) >= 11 is 5.98. The lowest BCUT2D eigenvalue weighted by Gasteiger charge is -2.11. The van der Waals surface area contributed by atoms with Gasteiger partial charge in [-0.05, 0) is 48.5 Å². The molecule has 0 atom stereocenters. The molecule has 7 heteroatoms. The molecule has 3 rings (SSSR count). The van der Waals surface area contributed by atoms with E-state index in [1.54, 1.807) is 48.5 Å². The van der Waals surface area contributed by atoms with Gasteiger partial charge in [-0.2, -0.15) is 0 Å². The molecule has 27 heavy (non-hydrogen) atoms. The number of methoxy groups -OCH3 is 1. The highest BCUT2D eigenvalue weighted by atomic mass is 35.5. The normalized spacial score (nSPS) is 10.3. The number of carbonyl (C=O) groups excluding carboxylic acids is 2. The van der Waals surface area contributed by atoms with Crippen molar-refractivity contribution in [2.75, 3.05) is 12.4 Å². The Bertz CT molecular complexity index is 954. The highest BCUT2D eigenvalue weighted by molar-refractivity contribution is 6.31. The van der Waals surface area contributed by atoms with Crippen LogP contribution in [0.5, 0.6) is 5.75 Å². The zero-order valence-corrected chi connectivity index (χ0v) is 15.2. The summed E-state index contributed by atoms with van der Waals surface area (Å²) in [5, 5.41) is 5.95. The molecule has 6 nitrogen and oxygen atoms in total. The number of benzene rings is 2. The summed E-state index contributed by atoms with van der Waals surface area (Å²) < 4.78 is 10.4. The summed E-state index contributed by atoms with van der Waals surface area (Å²) in [5.41, 5.74) is 1.15. The first kappa shape index (κ1) is 18.5. The quantitative estimate of drug-likeness (QED) is 0.669. The topological polar surface area (TPSA) is 80.6 Å². The van der Waals surface area contributed by atoms with E-state index >= 15 is 0 Å². The van der Waals surface area contributed by atoms with Gasteiger partial charge in [0, 0.05) is 16.1 Å². The molecule has 2 aromatic carbocycles. The van der Waals surface area contributed by atoms with Gasteiger partial charge in [-0.15, -0.1) is 0 Å². The molecule has 0 aliphatic heterocycles. The van der Waals surface area contributed by atoms with Gasteiger partial charge in [0.15, 0.2) is 0 Å². The predicted molar refractivity (Wildman–Crippen MR) is 102 cm³/mol. The maximum absolute atomic E-state index is 12.6. The Kier molecular flexibility index (Phi) is 5.78. The Balaban J connectivity index is 1.72. The lowest BCUT2D eigenvalue weighted by Crippen LogP contribution is -2.23. The fourth-order valence-electron chi connectivity index (χ4n) is 2.46. The van der Waals surface area contributed by atoms with E-state index in [1.165, 1.54) is 19.4 Å². The third-order valence-electron chi connectivity index (χ3n) is 3.80. The average Bonchev–Trinajstić information content (AvgIpc) is 3.20. The zero-order valence-electron chi connectivity index (χ0n) is 14.5. The number of halogens is 1. The van der Waals surface area contributed by atoms with Gasteiger partial charge in [-0.3, -0.25) is 9.59 Å². The third kappa shape index (κ3) is 4.68. The highest BCUT2D eigenvalue weighted by Gasteiger charge is 2.13. The standard InChI is InChI=1S/C20H17ClN2O4/c1-26-18-8-7-15(21)11-17(18)23-20(25)14-5-2-4-13(10-14)19(24)22-12-16-6-3-9-27-16/h2-11H,12H2,1H3,(H,22,24)(H,23,25). The van der Waals surface area contributed by atoms with Crippen LogP contribution in [0.1, 0.15) is 26.5 Å². The minimum atomic E-state index is -0.378. The lowest BCUT2D eigenvalue weighted by atomic mass is 10.1. The van der Waals surface area contributed by atoms with Gasteiger partial charge in [0.2, 0.25) is 0 Å². The van der Waals surface area contributed by atoms with Crippen LogP contribution >= 0.6 is 11.6 Å². The molecule has 2 N–H and O–H groups in total. The molecule has 0 spiro atoms. The molecule has 0 radical (unpaired) electrons. The number of nitrogens with one attached hydrogen (secondary N) is 2. The summed E-state index contributed by atoms with van der Waals surface area (Å²) in [6, 6.07) is 14.9. The fourth-order valence-corrected chi connectivity index (χ4v) is 2.63. The highest BCUT2D eigenvalue weighted by Crippen LogP contribution is 2.28. The molecule has 138 valence electrons. The zero-order chi connectivity index (χ0) is 19.2. The van der Waals surface area contributed by atoms with Gasteiger partial charge in [0.25, 0.3) is 11.8 Å². The fraction of sp³-hybridized carbons (Fsp3) is 0.100. The summed E-state index contributed by atoms with van der Waals surface area (Å²) in [6.07, 6.45) is 1.54. The van der Waals surface area contributed by atoms with Crippen LogP contribution in [0.15, 0.2) is 65.3 Å². The van der Waals surface area contributed by atoms with E-state index in [9.17, 15) is 9.59 Å². The molecule has 0 fully saturated rings. The Labute approximate surface area is 161 Å². The van der Waals surface area contributed by atoms with Crippen LogP contribution in [0.3, 0.4) is 0 Å². The van der Waals surface area contributed by atoms with E-state index in [-0.39, 0.29) is 18.4 Å². The summed E-state index contributed by atoms with van der Waals surface area (Å²) in [4.78, 5) is 24.9. The Hall–Kier alpha value is -3.25. The first-order valence-electron chi connectivity index (χ1n) is 8.12. The molecule has 1 aromatic heterocycles. The third-order valence-corrected chi connectivity index (χ3v) is 4.04. The van der Waals surface area contributed by atoms with Crippen molar-refractivity contribution in [1.29, 1.82) is 0 Å². The Morgan fingerprint density at radius 2 is 1.81 bits per heavy atom. The van der Waals surface area contributed by atoms with Crippen molar-refractivity contribution in [1.82, 2.24) is 5.32 Å². The van der Waals surface area contributed by atoms with Crippen LogP contribution in [0.4, 0.5) is 5.69 Å². The monoisotopic (exact) mass is 384 g/mol. The number of rotatable bonds is 6. The van der Waals surface area contributed by atoms with E-state index in [2.05, 4.69) is 10.6 Å². The molecule has 0 aliphatic carbocycles. The maximum atomic E-state index is 12.6. The number of hydrogen-bond donors (Lipinski definition) is 2. The first-order chi connectivity index (χ1) is 13.1. The van der Waals surface area contributed by atoms with Crippen molar-refractivity contribution >= 4 is 29.1 Å². The minimum Gasteiger partial charge on any atom is -0.495 e. The largest absolute Gasteiger partial charge is 0.495 e. The van der Waals surface area contributed by atoms with Crippen molar-refractivity contribution in [3.05, 3.63) is 82.8 Å². The predicted octanol–water partition coefficient (Wildman–Crippen LogP) is 4.12. The molecule has 2 amide bonds. The van der Waals surface area contributed by atoms with Crippen LogP contribution in [0.25, 0.3) is 0 Å². The lowest BCUT2D eigenvalue weighted by molar-refractivity contribution is 0.0948. The second-order valence-corrected chi connectivity index (χ2v) is 6.08. The molecule has 3 aromatic rings. The second-order valence-electron chi connectivity index (χ2n) is 5.64. The van der Waals surface area contributed by atoms with E-state index < -0.39 is 0 Å². The van der Waals surface area contributed by atoms with Gasteiger partial charge >= 0.3 is 0 Å². The van der Waals surface area contributed by atoms with Crippen molar-refractivity contribution in [3.8, 4) is 5.75 Å². The van der Waals surface area contributed by atoms with Crippen molar-refractivity contribution in [2.45, 2.75) is 6.54 Å². The van der Waals surface area contributed by atoms with Crippen LogP contribution in [0.2, 0.25) is 5.02 Å². The van der Waals surface area contributed by atoms with Crippen LogP contribution < -0.4 is 15.4 Å². The number of amides is 2. The van der Waals surface area contributed by atoms with Gasteiger partial charge < -0.3 is 19.8 Å². The van der Waals surface area contributed by atoms with Crippen LogP contribution in [-0.4, -0.2) is 18.9 Å². The Morgan fingerprint density at radius 1 is 1.04 bits per heavy atom. The molecular formula is C20H17ClN2O4. The smallest absolute Gasteiger partial charge is 0.255 e. The number of ether oxygens (including phenoxy) is 1. The summed E-state index contributed by atoms with van der Waals surface area (Å²) in [7, 11) is 1.50. The molecule has 0 aliphatic rings. The Morgan fingerprint density at radius 3 is 2.52 bits per heavy atom. The number of anilines is 1. The number of furan rings is 1. The van der Waals surface area contributed by atoms with E-state index in [4.69, 9.17) is 20.8 Å². The van der Waals surface area contributed by atoms with Gasteiger partial charge in [-0.25, -0.2) is 0 Å². The van der Waals surface area contributed by atoms with Gasteiger partial charge in [0.05, 0.1) is 25.6 Å². The molecule has 0 saturated carbocycles. The van der Waals surface area contributed by atoms with Crippen molar-refractivity contribution < 1.29 is 18.7 Å². The number of carbonyl (C=O) groups is 2. The maximum Gasteiger partial charge on any atom is 0.255 e. The molecule has 0 bridgehead atoms. The van der Waals surface area contributed by atoms with Crippen molar-refractivity contribution in [2.24, 2.45) is 0 Å². The summed E-state index contributed by atoms with van der Waals surface area (Å²) in [6.45, 7) is 0.266. The van der Waals surface area contributed by atoms with E-state index in [0.717, 1.165) is 0 Å². The molecule has 0 unspecified atom stereocenters. The van der Waals surface area contributed by atoms with E-state index in [0.29, 0.717) is 33.3 Å². The van der Waals surface area contributed by atoms with Crippen molar-refractivity contribution in [3.63, 3.8) is 0 Å². The first-order valence-corrected chi connectivity index (χ1v) is 8.50. The van der Waals surface area contributed by atoms with Gasteiger partial charge in [0.1, 0.15) is 11.5 Å². The summed E-state index contributed by atoms with van der Waals surface area (Å²) in [5.74, 6) is 0.447. The molecule has 1 heterocycles. The number of hydrogen-bond acceptors (Lipinski definition) is 4. The van der Waals surface area contributed by atoms with Crippen LogP contribution in [-0.2, 0) is 6.54 Å². The van der Waals surface area contributed by atoms with Gasteiger partial charge in [-0.1, -0.05) is 17.7 Å². The minimum absolute atomic E-state index is 0.266. The second kappa shape index (κ2) is 8.42. The SMILES string of the molecule is COc1ccc(Cl)cc1NC(=O)c1cccc(C(=O)NCc2ccco2)c1. The molecular weight excluding hydrogens is 368 g/mol. The average molecular weight is 385 g/mol. The van der Waals surface area contributed by atoms with E-state index in [1.807, 2.05) is 0 Å². The van der Waals surface area contributed by atoms with Crippen LogP contribution in [0, 0.1) is 0 Å². The molecule has 0 saturated heterocycles.